The van der Waals surface area contributed by atoms with Crippen LogP contribution >= 0.6 is 12.4 Å². The SMILES string of the molecule is COC(=O)C1(NC(=O)C(C)CN)CCC(C)CC1.Cl. The zero-order valence-corrected chi connectivity index (χ0v) is 12.7. The number of esters is 1. The molecule has 0 aromatic heterocycles. The summed E-state index contributed by atoms with van der Waals surface area (Å²) in [4.78, 5) is 23.9. The average molecular weight is 293 g/mol. The molecular weight excluding hydrogens is 268 g/mol. The first-order valence-electron chi connectivity index (χ1n) is 6.55. The highest BCUT2D eigenvalue weighted by Crippen LogP contribution is 2.33. The standard InChI is InChI=1S/C13H24N2O3.ClH/c1-9-4-6-13(7-5-9,12(17)18-3)15-11(16)10(2)8-14;/h9-10H,4-8,14H2,1-3H3,(H,15,16);1H. The highest BCUT2D eigenvalue weighted by Gasteiger charge is 2.43. The second-order valence-electron chi connectivity index (χ2n) is 5.38. The van der Waals surface area contributed by atoms with Gasteiger partial charge in [-0.25, -0.2) is 4.79 Å². The number of nitrogens with one attached hydrogen (secondary N) is 1. The van der Waals surface area contributed by atoms with Crippen molar-refractivity contribution in [1.29, 1.82) is 0 Å². The minimum absolute atomic E-state index is 0. The fraction of sp³-hybridized carbons (Fsp3) is 0.846. The Kier molecular flexibility index (Phi) is 7.37. The number of carbonyl (C=O) groups excluding carboxylic acids is 2. The first kappa shape index (κ1) is 18.2. The molecule has 5 nitrogen and oxygen atoms in total. The molecule has 1 aliphatic rings. The van der Waals surface area contributed by atoms with Crippen molar-refractivity contribution in [3.8, 4) is 0 Å². The molecule has 1 atom stereocenters. The lowest BCUT2D eigenvalue weighted by Gasteiger charge is -2.38. The Labute approximate surface area is 121 Å². The number of ether oxygens (including phenoxy) is 1. The van der Waals surface area contributed by atoms with E-state index in [1.807, 2.05) is 0 Å². The highest BCUT2D eigenvalue weighted by atomic mass is 35.5. The summed E-state index contributed by atoms with van der Waals surface area (Å²) in [5.41, 5.74) is 4.63. The Hall–Kier alpha value is -0.810. The Balaban J connectivity index is 0.00000324. The summed E-state index contributed by atoms with van der Waals surface area (Å²) in [6, 6.07) is 0. The second kappa shape index (κ2) is 7.70. The van der Waals surface area contributed by atoms with Crippen LogP contribution in [0.4, 0.5) is 0 Å². The van der Waals surface area contributed by atoms with Gasteiger partial charge in [0.2, 0.25) is 5.91 Å². The molecule has 1 aliphatic carbocycles. The molecule has 0 heterocycles. The van der Waals surface area contributed by atoms with Gasteiger partial charge in [0.1, 0.15) is 5.54 Å². The molecule has 1 unspecified atom stereocenters. The van der Waals surface area contributed by atoms with Crippen LogP contribution in [-0.2, 0) is 14.3 Å². The van der Waals surface area contributed by atoms with E-state index in [9.17, 15) is 9.59 Å². The first-order chi connectivity index (χ1) is 8.45. The molecule has 0 aliphatic heterocycles. The molecule has 0 spiro atoms. The number of hydrogen-bond acceptors (Lipinski definition) is 4. The summed E-state index contributed by atoms with van der Waals surface area (Å²) in [6.45, 7) is 4.19. The summed E-state index contributed by atoms with van der Waals surface area (Å²) in [5, 5.41) is 2.86. The van der Waals surface area contributed by atoms with Gasteiger partial charge in [0, 0.05) is 12.5 Å². The van der Waals surface area contributed by atoms with Gasteiger partial charge < -0.3 is 15.8 Å². The summed E-state index contributed by atoms with van der Waals surface area (Å²) in [5.74, 6) is -0.207. The maximum absolute atomic E-state index is 12.0. The number of rotatable bonds is 4. The van der Waals surface area contributed by atoms with Crippen molar-refractivity contribution in [3.05, 3.63) is 0 Å². The first-order valence-corrected chi connectivity index (χ1v) is 6.55. The molecular formula is C13H25ClN2O3. The van der Waals surface area contributed by atoms with Crippen LogP contribution in [0.3, 0.4) is 0 Å². The van der Waals surface area contributed by atoms with Crippen LogP contribution in [-0.4, -0.2) is 31.1 Å². The van der Waals surface area contributed by atoms with Crippen molar-refractivity contribution in [1.82, 2.24) is 5.32 Å². The molecule has 1 amide bonds. The van der Waals surface area contributed by atoms with Gasteiger partial charge in [-0.15, -0.1) is 12.4 Å². The van der Waals surface area contributed by atoms with Crippen LogP contribution in [0, 0.1) is 11.8 Å². The fourth-order valence-electron chi connectivity index (χ4n) is 2.30. The molecule has 0 saturated heterocycles. The van der Waals surface area contributed by atoms with Crippen molar-refractivity contribution in [3.63, 3.8) is 0 Å². The van der Waals surface area contributed by atoms with E-state index < -0.39 is 5.54 Å². The van der Waals surface area contributed by atoms with Crippen molar-refractivity contribution in [2.24, 2.45) is 17.6 Å². The Morgan fingerprint density at radius 1 is 1.42 bits per heavy atom. The number of amides is 1. The third-order valence-corrected chi connectivity index (χ3v) is 3.87. The lowest BCUT2D eigenvalue weighted by atomic mass is 9.77. The van der Waals surface area contributed by atoms with Gasteiger partial charge in [-0.05, 0) is 31.6 Å². The number of methoxy groups -OCH3 is 1. The molecule has 3 N–H and O–H groups in total. The van der Waals surface area contributed by atoms with Crippen molar-refractivity contribution < 1.29 is 14.3 Å². The van der Waals surface area contributed by atoms with E-state index in [0.29, 0.717) is 18.8 Å². The van der Waals surface area contributed by atoms with E-state index in [1.54, 1.807) is 6.92 Å². The predicted molar refractivity (Wildman–Crippen MR) is 76.0 cm³/mol. The molecule has 0 bridgehead atoms. The summed E-state index contributed by atoms with van der Waals surface area (Å²) < 4.78 is 4.86. The lowest BCUT2D eigenvalue weighted by molar-refractivity contribution is -0.153. The molecule has 1 fully saturated rings. The zero-order chi connectivity index (χ0) is 13.8. The molecule has 1 saturated carbocycles. The maximum Gasteiger partial charge on any atom is 0.331 e. The number of halogens is 1. The maximum atomic E-state index is 12.0. The fourth-order valence-corrected chi connectivity index (χ4v) is 2.30. The number of hydrogen-bond donors (Lipinski definition) is 2. The third kappa shape index (κ3) is 4.35. The van der Waals surface area contributed by atoms with Crippen LogP contribution in [0.15, 0.2) is 0 Å². The minimum Gasteiger partial charge on any atom is -0.467 e. The van der Waals surface area contributed by atoms with Crippen LogP contribution in [0.25, 0.3) is 0 Å². The van der Waals surface area contributed by atoms with E-state index in [2.05, 4.69) is 12.2 Å². The minimum atomic E-state index is -0.845. The predicted octanol–water partition coefficient (Wildman–Crippen LogP) is 1.24. The van der Waals surface area contributed by atoms with Gasteiger partial charge in [0.15, 0.2) is 0 Å². The van der Waals surface area contributed by atoms with Crippen molar-refractivity contribution >= 4 is 24.3 Å². The van der Waals surface area contributed by atoms with E-state index in [-0.39, 0.29) is 36.7 Å². The Bertz CT molecular complexity index is 315. The largest absolute Gasteiger partial charge is 0.467 e. The van der Waals surface area contributed by atoms with Gasteiger partial charge in [0.05, 0.1) is 7.11 Å². The summed E-state index contributed by atoms with van der Waals surface area (Å²) in [7, 11) is 1.36. The summed E-state index contributed by atoms with van der Waals surface area (Å²) in [6.07, 6.45) is 3.13. The topological polar surface area (TPSA) is 81.4 Å². The Morgan fingerprint density at radius 3 is 2.37 bits per heavy atom. The van der Waals surface area contributed by atoms with E-state index in [4.69, 9.17) is 10.5 Å². The van der Waals surface area contributed by atoms with E-state index >= 15 is 0 Å². The smallest absolute Gasteiger partial charge is 0.331 e. The number of nitrogens with two attached hydrogens (primary N) is 1. The monoisotopic (exact) mass is 292 g/mol. The van der Waals surface area contributed by atoms with Crippen LogP contribution < -0.4 is 11.1 Å². The molecule has 0 radical (unpaired) electrons. The van der Waals surface area contributed by atoms with Crippen molar-refractivity contribution in [2.45, 2.75) is 45.1 Å². The molecule has 0 aromatic carbocycles. The van der Waals surface area contributed by atoms with Gasteiger partial charge in [-0.1, -0.05) is 13.8 Å². The van der Waals surface area contributed by atoms with Crippen LogP contribution in [0.1, 0.15) is 39.5 Å². The zero-order valence-electron chi connectivity index (χ0n) is 11.9. The molecule has 19 heavy (non-hydrogen) atoms. The lowest BCUT2D eigenvalue weighted by Crippen LogP contribution is -2.58. The quantitative estimate of drug-likeness (QED) is 0.764. The van der Waals surface area contributed by atoms with Gasteiger partial charge in [-0.3, -0.25) is 4.79 Å². The Morgan fingerprint density at radius 2 is 1.95 bits per heavy atom. The third-order valence-electron chi connectivity index (χ3n) is 3.87. The number of carbonyl (C=O) groups is 2. The van der Waals surface area contributed by atoms with Gasteiger partial charge in [-0.2, -0.15) is 0 Å². The molecule has 6 heteroatoms. The highest BCUT2D eigenvalue weighted by molar-refractivity contribution is 5.89. The van der Waals surface area contributed by atoms with Crippen LogP contribution in [0.2, 0.25) is 0 Å². The van der Waals surface area contributed by atoms with Gasteiger partial charge in [0.25, 0.3) is 0 Å². The summed E-state index contributed by atoms with van der Waals surface area (Å²) >= 11 is 0. The van der Waals surface area contributed by atoms with E-state index in [0.717, 1.165) is 12.8 Å². The van der Waals surface area contributed by atoms with Gasteiger partial charge >= 0.3 is 5.97 Å². The van der Waals surface area contributed by atoms with E-state index in [1.165, 1.54) is 7.11 Å². The molecule has 1 rings (SSSR count). The normalized spacial score (nSPS) is 27.9. The van der Waals surface area contributed by atoms with Crippen molar-refractivity contribution in [2.75, 3.05) is 13.7 Å². The van der Waals surface area contributed by atoms with Crippen LogP contribution in [0.5, 0.6) is 0 Å². The molecule has 0 aromatic rings. The second-order valence-corrected chi connectivity index (χ2v) is 5.38. The molecule has 112 valence electrons. The average Bonchev–Trinajstić information content (AvgIpc) is 2.39.